The maximum absolute atomic E-state index is 4.70. The van der Waals surface area contributed by atoms with Crippen LogP contribution in [-0.2, 0) is 0 Å². The van der Waals surface area contributed by atoms with E-state index in [0.717, 1.165) is 54.1 Å². The zero-order valence-corrected chi connectivity index (χ0v) is 16.5. The summed E-state index contributed by atoms with van der Waals surface area (Å²) in [4.78, 5) is 23.7. The van der Waals surface area contributed by atoms with Crippen LogP contribution in [0.2, 0.25) is 0 Å². The predicted octanol–water partition coefficient (Wildman–Crippen LogP) is 2.63. The lowest BCUT2D eigenvalue weighted by atomic mass is 10.1. The average molecular weight is 401 g/mol. The van der Waals surface area contributed by atoms with Gasteiger partial charge in [0.05, 0.1) is 11.8 Å². The van der Waals surface area contributed by atoms with E-state index in [4.69, 9.17) is 4.98 Å². The van der Waals surface area contributed by atoms with Crippen LogP contribution in [-0.4, -0.2) is 57.1 Å². The maximum Gasteiger partial charge on any atom is 0.231 e. The summed E-state index contributed by atoms with van der Waals surface area (Å²) in [7, 11) is 0. The van der Waals surface area contributed by atoms with Gasteiger partial charge >= 0.3 is 0 Å². The largest absolute Gasteiger partial charge is 0.368 e. The molecule has 0 spiro atoms. The molecule has 1 saturated carbocycles. The number of nitrogens with one attached hydrogen (secondary N) is 4. The van der Waals surface area contributed by atoms with Gasteiger partial charge in [0.25, 0.3) is 0 Å². The number of hydrogen-bond acceptors (Lipinski definition) is 8. The summed E-state index contributed by atoms with van der Waals surface area (Å²) in [5, 5.41) is 11.4. The second-order valence-electron chi connectivity index (χ2n) is 7.84. The molecular weight excluding hydrogens is 378 g/mol. The van der Waals surface area contributed by atoms with Gasteiger partial charge in [0.2, 0.25) is 5.95 Å². The molecule has 0 radical (unpaired) electrons. The highest BCUT2D eigenvalue weighted by Crippen LogP contribution is 2.31. The quantitative estimate of drug-likeness (QED) is 0.404. The van der Waals surface area contributed by atoms with Crippen molar-refractivity contribution >= 4 is 45.2 Å². The second kappa shape index (κ2) is 7.10. The molecule has 4 aromatic rings. The first-order valence-corrected chi connectivity index (χ1v) is 10.4. The summed E-state index contributed by atoms with van der Waals surface area (Å²) in [6.07, 6.45) is 5.89. The van der Waals surface area contributed by atoms with Gasteiger partial charge in [-0.25, -0.2) is 4.98 Å². The number of piperazine rings is 1. The Balaban J connectivity index is 1.36. The van der Waals surface area contributed by atoms with Gasteiger partial charge < -0.3 is 25.8 Å². The summed E-state index contributed by atoms with van der Waals surface area (Å²) in [6, 6.07) is 8.78. The minimum absolute atomic E-state index is 0.493. The summed E-state index contributed by atoms with van der Waals surface area (Å²) in [6.45, 7) is 3.98. The Morgan fingerprint density at radius 3 is 2.80 bits per heavy atom. The van der Waals surface area contributed by atoms with Gasteiger partial charge in [0.15, 0.2) is 11.5 Å². The van der Waals surface area contributed by atoms with E-state index in [1.165, 1.54) is 18.5 Å². The first-order chi connectivity index (χ1) is 14.8. The predicted molar refractivity (Wildman–Crippen MR) is 118 cm³/mol. The van der Waals surface area contributed by atoms with Crippen LogP contribution in [0.1, 0.15) is 12.8 Å². The van der Waals surface area contributed by atoms with Crippen LogP contribution in [0.15, 0.2) is 36.8 Å². The molecule has 152 valence electrons. The third kappa shape index (κ3) is 3.26. The molecule has 2 aliphatic rings. The van der Waals surface area contributed by atoms with E-state index < -0.39 is 0 Å². The lowest BCUT2D eigenvalue weighted by Gasteiger charge is -2.30. The molecule has 3 aromatic heterocycles. The van der Waals surface area contributed by atoms with E-state index in [0.29, 0.717) is 17.6 Å². The Morgan fingerprint density at radius 2 is 1.93 bits per heavy atom. The fraction of sp³-hybridized carbons (Fsp3) is 0.333. The zero-order valence-electron chi connectivity index (χ0n) is 16.5. The average Bonchev–Trinajstić information content (AvgIpc) is 3.47. The smallest absolute Gasteiger partial charge is 0.231 e. The molecule has 0 amide bonds. The van der Waals surface area contributed by atoms with Gasteiger partial charge in [-0.3, -0.25) is 4.98 Å². The second-order valence-corrected chi connectivity index (χ2v) is 7.84. The molecule has 1 aliphatic carbocycles. The standard InChI is InChI=1S/C21H23N9/c1-2-13(1)26-20-18-19(25-12-24-18)28-21(29-20)27-14-3-4-16-15(11-14)17(5-6-23-16)30-9-7-22-8-10-30/h3-6,11-13,22H,1-2,7-10H2,(H3,24,25,26,27,28,29). The van der Waals surface area contributed by atoms with E-state index in [1.807, 2.05) is 18.3 Å². The topological polar surface area (TPSA) is 107 Å². The molecule has 4 N–H and O–H groups in total. The maximum atomic E-state index is 4.70. The molecule has 1 aliphatic heterocycles. The van der Waals surface area contributed by atoms with Crippen LogP contribution in [0, 0.1) is 0 Å². The van der Waals surface area contributed by atoms with Crippen LogP contribution >= 0.6 is 0 Å². The van der Waals surface area contributed by atoms with Crippen molar-refractivity contribution in [2.75, 3.05) is 41.7 Å². The molecular formula is C21H23N9. The lowest BCUT2D eigenvalue weighted by Crippen LogP contribution is -2.43. The van der Waals surface area contributed by atoms with Gasteiger partial charge in [0.1, 0.15) is 5.52 Å². The first-order valence-electron chi connectivity index (χ1n) is 10.4. The number of nitrogens with zero attached hydrogens (tertiary/aromatic N) is 5. The van der Waals surface area contributed by atoms with Gasteiger partial charge in [-0.2, -0.15) is 9.97 Å². The number of aromatic amines is 1. The third-order valence-electron chi connectivity index (χ3n) is 5.64. The van der Waals surface area contributed by atoms with Gasteiger partial charge in [-0.15, -0.1) is 0 Å². The Morgan fingerprint density at radius 1 is 1.03 bits per heavy atom. The van der Waals surface area contributed by atoms with E-state index in [-0.39, 0.29) is 0 Å². The van der Waals surface area contributed by atoms with Crippen molar-refractivity contribution in [3.8, 4) is 0 Å². The van der Waals surface area contributed by atoms with Crippen LogP contribution < -0.4 is 20.9 Å². The molecule has 9 nitrogen and oxygen atoms in total. The molecule has 0 bridgehead atoms. The normalized spacial score (nSPS) is 16.9. The number of aromatic nitrogens is 5. The van der Waals surface area contributed by atoms with Crippen molar-refractivity contribution in [1.82, 2.24) is 30.2 Å². The molecule has 0 unspecified atom stereocenters. The van der Waals surface area contributed by atoms with E-state index in [9.17, 15) is 0 Å². The molecule has 9 heteroatoms. The molecule has 6 rings (SSSR count). The highest BCUT2D eigenvalue weighted by molar-refractivity contribution is 5.94. The number of H-pyrrole nitrogens is 1. The Kier molecular flexibility index (Phi) is 4.12. The number of anilines is 4. The van der Waals surface area contributed by atoms with E-state index in [1.54, 1.807) is 6.33 Å². The summed E-state index contributed by atoms with van der Waals surface area (Å²) in [5.74, 6) is 1.33. The minimum Gasteiger partial charge on any atom is -0.368 e. The van der Waals surface area contributed by atoms with Crippen molar-refractivity contribution in [3.63, 3.8) is 0 Å². The molecule has 30 heavy (non-hydrogen) atoms. The van der Waals surface area contributed by atoms with Crippen LogP contribution in [0.5, 0.6) is 0 Å². The number of imidazole rings is 1. The van der Waals surface area contributed by atoms with Crippen LogP contribution in [0.4, 0.5) is 23.1 Å². The van der Waals surface area contributed by atoms with Crippen LogP contribution in [0.25, 0.3) is 22.1 Å². The fourth-order valence-corrected chi connectivity index (χ4v) is 3.93. The SMILES string of the molecule is c1cc(N2CCNCC2)c2cc(Nc3nc(NC4CC4)c4[nH]cnc4n3)ccc2n1. The third-order valence-corrected chi connectivity index (χ3v) is 5.64. The van der Waals surface area contributed by atoms with Crippen molar-refractivity contribution in [3.05, 3.63) is 36.8 Å². The van der Waals surface area contributed by atoms with Gasteiger partial charge in [-0.05, 0) is 37.1 Å². The monoisotopic (exact) mass is 401 g/mol. The Bertz CT molecular complexity index is 1210. The summed E-state index contributed by atoms with van der Waals surface area (Å²) in [5.41, 5.74) is 4.62. The molecule has 1 saturated heterocycles. The molecule has 4 heterocycles. The molecule has 1 aromatic carbocycles. The van der Waals surface area contributed by atoms with E-state index in [2.05, 4.69) is 52.9 Å². The van der Waals surface area contributed by atoms with Crippen molar-refractivity contribution in [1.29, 1.82) is 0 Å². The summed E-state index contributed by atoms with van der Waals surface area (Å²) >= 11 is 0. The number of hydrogen-bond donors (Lipinski definition) is 4. The Hall–Kier alpha value is -3.46. The number of fused-ring (bicyclic) bond motifs is 2. The number of rotatable bonds is 5. The highest BCUT2D eigenvalue weighted by Gasteiger charge is 2.23. The van der Waals surface area contributed by atoms with Crippen LogP contribution in [0.3, 0.4) is 0 Å². The molecule has 0 atom stereocenters. The summed E-state index contributed by atoms with van der Waals surface area (Å²) < 4.78 is 0. The van der Waals surface area contributed by atoms with E-state index >= 15 is 0 Å². The van der Waals surface area contributed by atoms with Crippen molar-refractivity contribution < 1.29 is 0 Å². The Labute approximate surface area is 173 Å². The van der Waals surface area contributed by atoms with Crippen molar-refractivity contribution in [2.24, 2.45) is 0 Å². The highest BCUT2D eigenvalue weighted by atomic mass is 15.2. The zero-order chi connectivity index (χ0) is 19.9. The van der Waals surface area contributed by atoms with Gasteiger partial charge in [0, 0.05) is 55.2 Å². The first kappa shape index (κ1) is 17.4. The lowest BCUT2D eigenvalue weighted by molar-refractivity contribution is 0.590. The van der Waals surface area contributed by atoms with Crippen molar-refractivity contribution in [2.45, 2.75) is 18.9 Å². The fourth-order valence-electron chi connectivity index (χ4n) is 3.93. The minimum atomic E-state index is 0.493. The number of benzene rings is 1. The molecule has 2 fully saturated rings. The number of pyridine rings is 1. The van der Waals surface area contributed by atoms with Gasteiger partial charge in [-0.1, -0.05) is 0 Å².